The molecule has 0 saturated carbocycles. The zero-order valence-electron chi connectivity index (χ0n) is 24.7. The second-order valence-electron chi connectivity index (χ2n) is 12.7. The third kappa shape index (κ3) is 6.92. The van der Waals surface area contributed by atoms with Gasteiger partial charge in [0.15, 0.2) is 0 Å². The van der Waals surface area contributed by atoms with Crippen molar-refractivity contribution >= 4 is 18.0 Å². The topological polar surface area (TPSA) is 113 Å². The molecule has 8 nitrogen and oxygen atoms in total. The number of carbonyl (C=O) groups is 3. The third-order valence-corrected chi connectivity index (χ3v) is 8.55. The lowest BCUT2D eigenvalue weighted by Crippen LogP contribution is -2.45. The van der Waals surface area contributed by atoms with Crippen LogP contribution in [0.2, 0.25) is 0 Å². The first-order valence-electron chi connectivity index (χ1n) is 14.6. The molecule has 1 amide bonds. The molecule has 222 valence electrons. The van der Waals surface area contributed by atoms with Crippen LogP contribution < -0.4 is 0 Å². The first-order chi connectivity index (χ1) is 19.4. The number of hydrogen-bond acceptors (Lipinski definition) is 6. The van der Waals surface area contributed by atoms with Crippen LogP contribution in [-0.4, -0.2) is 64.5 Å². The highest BCUT2D eigenvalue weighted by atomic mass is 16.6. The van der Waals surface area contributed by atoms with Gasteiger partial charge in [-0.2, -0.15) is 0 Å². The summed E-state index contributed by atoms with van der Waals surface area (Å²) in [5.41, 5.74) is 4.17. The zero-order chi connectivity index (χ0) is 29.9. The maximum atomic E-state index is 13.4. The molecule has 1 aliphatic heterocycles. The van der Waals surface area contributed by atoms with E-state index in [1.807, 2.05) is 52.0 Å². The average molecular weight is 566 g/mol. The minimum Gasteiger partial charge on any atom is -0.481 e. The molecule has 0 aromatic heterocycles. The zero-order valence-corrected chi connectivity index (χ0v) is 24.7. The van der Waals surface area contributed by atoms with Crippen LogP contribution in [0.15, 0.2) is 48.5 Å². The van der Waals surface area contributed by atoms with E-state index in [1.54, 1.807) is 0 Å². The van der Waals surface area contributed by atoms with Gasteiger partial charge in [-0.1, -0.05) is 76.2 Å². The van der Waals surface area contributed by atoms with Gasteiger partial charge in [0.25, 0.3) is 0 Å². The summed E-state index contributed by atoms with van der Waals surface area (Å²) in [6, 6.07) is 15.6. The van der Waals surface area contributed by atoms with E-state index < -0.39 is 42.2 Å². The van der Waals surface area contributed by atoms with Crippen LogP contribution in [-0.2, 0) is 19.1 Å². The number of ether oxygens (including phenoxy) is 2. The van der Waals surface area contributed by atoms with Crippen molar-refractivity contribution in [2.24, 2.45) is 17.3 Å². The minimum absolute atomic E-state index is 0.0645. The Kier molecular flexibility index (Phi) is 9.42. The number of aliphatic hydroxyl groups excluding tert-OH is 1. The van der Waals surface area contributed by atoms with E-state index in [1.165, 1.54) is 11.8 Å². The number of aliphatic hydroxyl groups is 1. The Hall–Kier alpha value is -3.39. The molecule has 2 aromatic carbocycles. The van der Waals surface area contributed by atoms with Gasteiger partial charge in [0.2, 0.25) is 0 Å². The van der Waals surface area contributed by atoms with Crippen molar-refractivity contribution in [1.82, 2.24) is 4.90 Å². The number of aliphatic carboxylic acids is 1. The van der Waals surface area contributed by atoms with Crippen molar-refractivity contribution in [3.8, 4) is 11.1 Å². The Bertz CT molecular complexity index is 1210. The van der Waals surface area contributed by atoms with Crippen molar-refractivity contribution in [3.05, 3.63) is 59.7 Å². The number of fused-ring (bicyclic) bond motifs is 3. The fourth-order valence-electron chi connectivity index (χ4n) is 5.95. The van der Waals surface area contributed by atoms with E-state index in [0.29, 0.717) is 25.8 Å². The Morgan fingerprint density at radius 2 is 1.56 bits per heavy atom. The quantitative estimate of drug-likeness (QED) is 0.347. The van der Waals surface area contributed by atoms with Crippen LogP contribution in [0, 0.1) is 17.3 Å². The van der Waals surface area contributed by atoms with Crippen molar-refractivity contribution in [1.29, 1.82) is 0 Å². The van der Waals surface area contributed by atoms with E-state index in [2.05, 4.69) is 24.3 Å². The summed E-state index contributed by atoms with van der Waals surface area (Å²) in [7, 11) is 0. The molecule has 8 heteroatoms. The fraction of sp³-hybridized carbons (Fsp3) is 0.545. The number of amides is 1. The Balaban J connectivity index is 1.38. The van der Waals surface area contributed by atoms with Gasteiger partial charge in [0.05, 0.1) is 12.0 Å². The number of carboxylic acid groups (broad SMARTS) is 1. The number of nitrogens with zero attached hydrogens (tertiary/aromatic N) is 1. The Morgan fingerprint density at radius 3 is 2.12 bits per heavy atom. The first-order valence-corrected chi connectivity index (χ1v) is 14.6. The molecule has 1 aliphatic carbocycles. The standard InChI is InChI=1S/C33H43NO7/c1-20(17-28(35)21(2)30(36)37)18-29(33(3,4)5)41-31(38)27-15-10-16-34(27)32(39)40-19-26-24-13-8-6-11-22(24)23-12-7-9-14-25(23)26/h6-9,11-14,20-21,26-29,35H,10,15-19H2,1-5H3,(H,36,37)/t20-,21-,27-,28-,29-/m0/s1. The molecule has 5 atom stereocenters. The van der Waals surface area contributed by atoms with E-state index >= 15 is 0 Å². The molecule has 1 saturated heterocycles. The second kappa shape index (κ2) is 12.6. The molecule has 1 heterocycles. The summed E-state index contributed by atoms with van der Waals surface area (Å²) in [5.74, 6) is -2.52. The molecule has 0 radical (unpaired) electrons. The van der Waals surface area contributed by atoms with Crippen molar-refractivity contribution in [3.63, 3.8) is 0 Å². The van der Waals surface area contributed by atoms with Gasteiger partial charge in [-0.15, -0.1) is 0 Å². The predicted molar refractivity (Wildman–Crippen MR) is 155 cm³/mol. The van der Waals surface area contributed by atoms with Crippen LogP contribution in [0.4, 0.5) is 4.79 Å². The number of carboxylic acids is 1. The number of rotatable bonds is 10. The monoisotopic (exact) mass is 565 g/mol. The maximum Gasteiger partial charge on any atom is 0.410 e. The molecular weight excluding hydrogens is 522 g/mol. The predicted octanol–water partition coefficient (Wildman–Crippen LogP) is 5.86. The van der Waals surface area contributed by atoms with Crippen LogP contribution in [0.3, 0.4) is 0 Å². The summed E-state index contributed by atoms with van der Waals surface area (Å²) in [5, 5.41) is 19.5. The van der Waals surface area contributed by atoms with E-state index in [-0.39, 0.29) is 30.3 Å². The van der Waals surface area contributed by atoms with Gasteiger partial charge in [-0.05, 0) is 66.2 Å². The number of benzene rings is 2. The number of likely N-dealkylation sites (tertiary alicyclic amines) is 1. The van der Waals surface area contributed by atoms with Crippen LogP contribution >= 0.6 is 0 Å². The third-order valence-electron chi connectivity index (χ3n) is 8.55. The highest BCUT2D eigenvalue weighted by Gasteiger charge is 2.40. The fourth-order valence-corrected chi connectivity index (χ4v) is 5.95. The summed E-state index contributed by atoms with van der Waals surface area (Å²) in [6.45, 7) is 9.95. The molecule has 2 N–H and O–H groups in total. The van der Waals surface area contributed by atoms with Crippen LogP contribution in [0.1, 0.15) is 77.3 Å². The minimum atomic E-state index is -1.04. The van der Waals surface area contributed by atoms with Crippen molar-refractivity contribution < 1.29 is 34.1 Å². The van der Waals surface area contributed by atoms with Crippen LogP contribution in [0.5, 0.6) is 0 Å². The average Bonchev–Trinajstić information content (AvgIpc) is 3.54. The molecule has 41 heavy (non-hydrogen) atoms. The van der Waals surface area contributed by atoms with E-state index in [9.17, 15) is 24.6 Å². The van der Waals surface area contributed by atoms with Gasteiger partial charge in [-0.25, -0.2) is 9.59 Å². The molecule has 0 unspecified atom stereocenters. The summed E-state index contributed by atoms with van der Waals surface area (Å²) >= 11 is 0. The highest BCUT2D eigenvalue weighted by Crippen LogP contribution is 2.44. The molecule has 4 rings (SSSR count). The van der Waals surface area contributed by atoms with Gasteiger partial charge in [-0.3, -0.25) is 9.69 Å². The molecule has 0 spiro atoms. The largest absolute Gasteiger partial charge is 0.481 e. The molecule has 2 aromatic rings. The Morgan fingerprint density at radius 1 is 0.976 bits per heavy atom. The summed E-state index contributed by atoms with van der Waals surface area (Å²) < 4.78 is 11.9. The smallest absolute Gasteiger partial charge is 0.410 e. The molecule has 0 bridgehead atoms. The van der Waals surface area contributed by atoms with Gasteiger partial charge in [0, 0.05) is 12.5 Å². The van der Waals surface area contributed by atoms with Crippen molar-refractivity contribution in [2.45, 2.75) is 84.5 Å². The van der Waals surface area contributed by atoms with Crippen molar-refractivity contribution in [2.75, 3.05) is 13.2 Å². The maximum absolute atomic E-state index is 13.4. The lowest BCUT2D eigenvalue weighted by Gasteiger charge is -2.34. The summed E-state index contributed by atoms with van der Waals surface area (Å²) in [6.07, 6.45) is -0.0365. The second-order valence-corrected chi connectivity index (χ2v) is 12.7. The number of esters is 1. The van der Waals surface area contributed by atoms with E-state index in [0.717, 1.165) is 22.3 Å². The van der Waals surface area contributed by atoms with Gasteiger partial charge >= 0.3 is 18.0 Å². The van der Waals surface area contributed by atoms with Gasteiger partial charge in [0.1, 0.15) is 18.8 Å². The number of hydrogen-bond donors (Lipinski definition) is 2. The molecule has 2 aliphatic rings. The lowest BCUT2D eigenvalue weighted by molar-refractivity contribution is -0.161. The Labute approximate surface area is 242 Å². The number of carbonyl (C=O) groups excluding carboxylic acids is 2. The van der Waals surface area contributed by atoms with E-state index in [4.69, 9.17) is 9.47 Å². The highest BCUT2D eigenvalue weighted by molar-refractivity contribution is 5.83. The first kappa shape index (κ1) is 30.6. The summed E-state index contributed by atoms with van der Waals surface area (Å²) in [4.78, 5) is 39.4. The normalized spacial score (nSPS) is 19.6. The SMILES string of the molecule is C[C@H](C[C@H](OC(=O)[C@@H]1CCCN1C(=O)OCC1c2ccccc2-c2ccccc21)C(C)(C)C)C[C@H](O)[C@H](C)C(=O)O. The lowest BCUT2D eigenvalue weighted by atomic mass is 9.81. The van der Waals surface area contributed by atoms with Gasteiger partial charge < -0.3 is 19.7 Å². The molecular formula is C33H43NO7. The molecule has 1 fully saturated rings. The van der Waals surface area contributed by atoms with Crippen LogP contribution in [0.25, 0.3) is 11.1 Å².